The third-order valence-electron chi connectivity index (χ3n) is 8.22. The minimum atomic E-state index is -0.215. The molecule has 0 fully saturated rings. The second-order valence-corrected chi connectivity index (χ2v) is 12.8. The van der Waals surface area contributed by atoms with Crippen LogP contribution in [0.1, 0.15) is 161 Å². The van der Waals surface area contributed by atoms with Crippen LogP contribution in [-0.2, 0) is 9.59 Å². The van der Waals surface area contributed by atoms with Crippen LogP contribution in [0.15, 0.2) is 97.2 Å². The second-order valence-electron chi connectivity index (χ2n) is 12.8. The molecule has 4 nitrogen and oxygen atoms in total. The normalized spacial score (nSPS) is 12.9. The molecule has 270 valence electrons. The van der Waals surface area contributed by atoms with Gasteiger partial charge in [0.05, 0.1) is 0 Å². The van der Waals surface area contributed by atoms with Crippen molar-refractivity contribution < 1.29 is 9.59 Å². The van der Waals surface area contributed by atoms with E-state index < -0.39 is 0 Å². The molecule has 0 aromatic rings. The first-order chi connectivity index (χ1) is 23.6. The second kappa shape index (κ2) is 38.3. The maximum atomic E-state index is 10.7. The quantitative estimate of drug-likeness (QED) is 0.0531. The summed E-state index contributed by atoms with van der Waals surface area (Å²) in [5, 5.41) is 0. The highest BCUT2D eigenvalue weighted by Gasteiger charge is 2.07. The summed E-state index contributed by atoms with van der Waals surface area (Å²) in [6.45, 7) is 2.34. The summed E-state index contributed by atoms with van der Waals surface area (Å²) < 4.78 is 0. The number of nitrogens with two attached hydrogens (primary N) is 2. The van der Waals surface area contributed by atoms with E-state index in [-0.39, 0.29) is 11.8 Å². The van der Waals surface area contributed by atoms with Crippen LogP contribution < -0.4 is 11.5 Å². The Hall–Kier alpha value is -3.14. The van der Waals surface area contributed by atoms with Gasteiger partial charge >= 0.3 is 0 Å². The SMILES string of the molecule is CCCC(CCCCC/C=C\C/C=C\C/C=C\C/C=C\CCCC(N)=O)CCCCC/C=C\C/C=C\C/C=C\C/C=C\CCCC(N)=O. The Morgan fingerprint density at radius 3 is 0.979 bits per heavy atom. The first kappa shape index (κ1) is 44.9. The molecule has 0 aliphatic rings. The molecule has 2 amide bonds. The zero-order valence-electron chi connectivity index (χ0n) is 30.8. The van der Waals surface area contributed by atoms with Crippen molar-refractivity contribution >= 4 is 11.8 Å². The first-order valence-electron chi connectivity index (χ1n) is 19.3. The van der Waals surface area contributed by atoms with Crippen LogP contribution in [-0.4, -0.2) is 11.8 Å². The zero-order valence-corrected chi connectivity index (χ0v) is 30.8. The summed E-state index contributed by atoms with van der Waals surface area (Å²) >= 11 is 0. The number of unbranched alkanes of at least 4 members (excludes halogenated alkanes) is 8. The summed E-state index contributed by atoms with van der Waals surface area (Å²) in [7, 11) is 0. The number of hydrogen-bond acceptors (Lipinski definition) is 2. The van der Waals surface area contributed by atoms with Gasteiger partial charge in [-0.05, 0) is 95.8 Å². The molecular weight excluding hydrogens is 588 g/mol. The molecule has 0 spiro atoms. The molecule has 48 heavy (non-hydrogen) atoms. The molecule has 0 rings (SSSR count). The highest BCUT2D eigenvalue weighted by molar-refractivity contribution is 5.73. The molecule has 0 aliphatic heterocycles. The van der Waals surface area contributed by atoms with Gasteiger partial charge in [0.25, 0.3) is 0 Å². The number of allylic oxidation sites excluding steroid dienone is 16. The molecule has 0 unspecified atom stereocenters. The molecule has 4 N–H and O–H groups in total. The number of carbonyl (C=O) groups excluding carboxylic acids is 2. The van der Waals surface area contributed by atoms with E-state index in [4.69, 9.17) is 11.5 Å². The van der Waals surface area contributed by atoms with Crippen LogP contribution in [0.5, 0.6) is 0 Å². The standard InChI is InChI=1S/C44H72N2O2/c1-2-37-42(38-33-29-25-21-17-13-9-5-3-7-11-15-19-23-27-31-35-40-43(45)47)39-34-30-26-22-18-14-10-6-4-8-12-16-20-24-28-32-36-41-44(46)48/h3-6,11-18,23-24,27-28,42H,2,7-10,19-22,25-26,29-41H2,1H3,(H2,45,47)(H2,46,48)/b5-3-,6-4-,15-11-,16-12-,17-13-,18-14-,27-23-,28-24-. The van der Waals surface area contributed by atoms with Crippen LogP contribution >= 0.6 is 0 Å². The predicted molar refractivity (Wildman–Crippen MR) is 211 cm³/mol. The number of rotatable bonds is 34. The molecule has 0 saturated carbocycles. The van der Waals surface area contributed by atoms with Crippen molar-refractivity contribution in [2.75, 3.05) is 0 Å². The van der Waals surface area contributed by atoms with Gasteiger partial charge in [0, 0.05) is 12.8 Å². The Labute approximate surface area is 296 Å². The van der Waals surface area contributed by atoms with Gasteiger partial charge in [-0.2, -0.15) is 0 Å². The van der Waals surface area contributed by atoms with Crippen molar-refractivity contribution in [2.45, 2.75) is 161 Å². The van der Waals surface area contributed by atoms with E-state index in [1.54, 1.807) is 0 Å². The fourth-order valence-electron chi connectivity index (χ4n) is 5.47. The summed E-state index contributed by atoms with van der Waals surface area (Å²) in [5.74, 6) is 0.495. The Morgan fingerprint density at radius 2 is 0.688 bits per heavy atom. The molecule has 0 saturated heterocycles. The van der Waals surface area contributed by atoms with Crippen molar-refractivity contribution in [3.63, 3.8) is 0 Å². The summed E-state index contributed by atoms with van der Waals surface area (Å²) in [6.07, 6.45) is 62.2. The lowest BCUT2D eigenvalue weighted by Crippen LogP contribution is -2.09. The van der Waals surface area contributed by atoms with Crippen LogP contribution in [0.3, 0.4) is 0 Å². The third kappa shape index (κ3) is 39.0. The minimum Gasteiger partial charge on any atom is -0.370 e. The van der Waals surface area contributed by atoms with Crippen molar-refractivity contribution in [3.8, 4) is 0 Å². The molecule has 0 bridgehead atoms. The Morgan fingerprint density at radius 1 is 0.396 bits per heavy atom. The van der Waals surface area contributed by atoms with E-state index in [0.717, 1.165) is 70.1 Å². The summed E-state index contributed by atoms with van der Waals surface area (Å²) in [6, 6.07) is 0. The summed E-state index contributed by atoms with van der Waals surface area (Å²) in [4.78, 5) is 21.4. The highest BCUT2D eigenvalue weighted by Crippen LogP contribution is 2.23. The Balaban J connectivity index is 3.69. The van der Waals surface area contributed by atoms with Crippen LogP contribution in [0.4, 0.5) is 0 Å². The van der Waals surface area contributed by atoms with E-state index in [0.29, 0.717) is 12.8 Å². The van der Waals surface area contributed by atoms with Crippen molar-refractivity contribution in [3.05, 3.63) is 97.2 Å². The van der Waals surface area contributed by atoms with Crippen LogP contribution in [0.25, 0.3) is 0 Å². The monoisotopic (exact) mass is 661 g/mol. The van der Waals surface area contributed by atoms with Gasteiger partial charge in [-0.15, -0.1) is 0 Å². The lowest BCUT2D eigenvalue weighted by molar-refractivity contribution is -0.118. The van der Waals surface area contributed by atoms with Crippen LogP contribution in [0, 0.1) is 5.92 Å². The van der Waals surface area contributed by atoms with Gasteiger partial charge in [0.15, 0.2) is 0 Å². The van der Waals surface area contributed by atoms with E-state index in [2.05, 4.69) is 104 Å². The average Bonchev–Trinajstić information content (AvgIpc) is 3.06. The van der Waals surface area contributed by atoms with Crippen LogP contribution in [0.2, 0.25) is 0 Å². The largest absolute Gasteiger partial charge is 0.370 e. The molecule has 0 aliphatic carbocycles. The minimum absolute atomic E-state index is 0.215. The van der Waals surface area contributed by atoms with Gasteiger partial charge in [-0.1, -0.05) is 156 Å². The topological polar surface area (TPSA) is 86.2 Å². The van der Waals surface area contributed by atoms with E-state index in [1.807, 2.05) is 0 Å². The molecule has 0 aromatic heterocycles. The summed E-state index contributed by atoms with van der Waals surface area (Å²) in [5.41, 5.74) is 10.3. The Bertz CT molecular complexity index is 904. The van der Waals surface area contributed by atoms with Gasteiger partial charge in [0.2, 0.25) is 11.8 Å². The maximum absolute atomic E-state index is 10.7. The van der Waals surface area contributed by atoms with Crippen molar-refractivity contribution in [1.82, 2.24) is 0 Å². The van der Waals surface area contributed by atoms with Gasteiger partial charge in [-0.25, -0.2) is 0 Å². The molecule has 0 atom stereocenters. The zero-order chi connectivity index (χ0) is 35.0. The highest BCUT2D eigenvalue weighted by atomic mass is 16.1. The fourth-order valence-corrected chi connectivity index (χ4v) is 5.47. The van der Waals surface area contributed by atoms with Gasteiger partial charge in [0.1, 0.15) is 0 Å². The molecule has 0 radical (unpaired) electrons. The molecule has 0 heterocycles. The Kier molecular flexibility index (Phi) is 35.8. The van der Waals surface area contributed by atoms with Gasteiger partial charge < -0.3 is 11.5 Å². The lowest BCUT2D eigenvalue weighted by Gasteiger charge is -2.15. The average molecular weight is 661 g/mol. The van der Waals surface area contributed by atoms with Crippen molar-refractivity contribution in [2.24, 2.45) is 17.4 Å². The van der Waals surface area contributed by atoms with E-state index >= 15 is 0 Å². The number of carbonyl (C=O) groups is 2. The van der Waals surface area contributed by atoms with Crippen molar-refractivity contribution in [1.29, 1.82) is 0 Å². The molecule has 4 heteroatoms. The lowest BCUT2D eigenvalue weighted by atomic mass is 9.91. The number of amides is 2. The van der Waals surface area contributed by atoms with E-state index in [1.165, 1.54) is 77.0 Å². The number of hydrogen-bond donors (Lipinski definition) is 2. The molecular formula is C44H72N2O2. The number of primary amides is 2. The first-order valence-corrected chi connectivity index (χ1v) is 19.3. The van der Waals surface area contributed by atoms with Gasteiger partial charge in [-0.3, -0.25) is 9.59 Å². The smallest absolute Gasteiger partial charge is 0.217 e. The third-order valence-corrected chi connectivity index (χ3v) is 8.22. The predicted octanol–water partition coefficient (Wildman–Crippen LogP) is 12.4. The van der Waals surface area contributed by atoms with E-state index in [9.17, 15) is 9.59 Å². The maximum Gasteiger partial charge on any atom is 0.217 e. The fraction of sp³-hybridized carbons (Fsp3) is 0.591. The molecule has 0 aromatic carbocycles.